The molecule has 1 aromatic heterocycles. The molecule has 0 unspecified atom stereocenters. The summed E-state index contributed by atoms with van der Waals surface area (Å²) in [6.45, 7) is 9.05. The summed E-state index contributed by atoms with van der Waals surface area (Å²) in [6.07, 6.45) is 2.57. The minimum absolute atomic E-state index is 0.242. The first-order valence-corrected chi connectivity index (χ1v) is 10.8. The normalized spacial score (nSPS) is 13.6. The van der Waals surface area contributed by atoms with Crippen molar-refractivity contribution in [3.05, 3.63) is 64.8 Å². The van der Waals surface area contributed by atoms with Gasteiger partial charge in [-0.1, -0.05) is 35.9 Å². The topological polar surface area (TPSA) is 40.4 Å². The predicted molar refractivity (Wildman–Crippen MR) is 124 cm³/mol. The number of aliphatic hydroxyl groups is 1. The second kappa shape index (κ2) is 9.66. The largest absolute Gasteiger partial charge is 0.387 e. The van der Waals surface area contributed by atoms with Gasteiger partial charge in [0.2, 0.25) is 0 Å². The van der Waals surface area contributed by atoms with E-state index in [9.17, 15) is 5.11 Å². The predicted octanol–water partition coefficient (Wildman–Crippen LogP) is 4.93. The molecule has 29 heavy (non-hydrogen) atoms. The minimum Gasteiger partial charge on any atom is -0.387 e. The van der Waals surface area contributed by atoms with Gasteiger partial charge < -0.3 is 19.9 Å². The number of aromatic nitrogens is 1. The Kier molecular flexibility index (Phi) is 7.23. The number of fused-ring (bicyclic) bond motifs is 1. The number of aryl methyl sites for hydroxylation is 1. The molecule has 3 rings (SSSR count). The molecule has 3 aromatic rings. The van der Waals surface area contributed by atoms with Crippen LogP contribution in [0.25, 0.3) is 10.9 Å². The summed E-state index contributed by atoms with van der Waals surface area (Å²) in [5, 5.41) is 15.9. The lowest BCUT2D eigenvalue weighted by atomic mass is 10.0. The van der Waals surface area contributed by atoms with E-state index in [2.05, 4.69) is 67.0 Å². The van der Waals surface area contributed by atoms with E-state index >= 15 is 0 Å². The van der Waals surface area contributed by atoms with Crippen molar-refractivity contribution >= 4 is 28.2 Å². The second-order valence-electron chi connectivity index (χ2n) is 7.70. The molecule has 0 spiro atoms. The summed E-state index contributed by atoms with van der Waals surface area (Å²) in [7, 11) is 2.12. The van der Waals surface area contributed by atoms with E-state index in [-0.39, 0.29) is 6.04 Å². The van der Waals surface area contributed by atoms with Crippen LogP contribution in [0.1, 0.15) is 38.0 Å². The van der Waals surface area contributed by atoms with Crippen molar-refractivity contribution in [2.75, 3.05) is 24.5 Å². The van der Waals surface area contributed by atoms with E-state index in [1.54, 1.807) is 0 Å². The highest BCUT2D eigenvalue weighted by molar-refractivity contribution is 6.30. The summed E-state index contributed by atoms with van der Waals surface area (Å²) in [5.74, 6) is 0. The molecule has 0 fully saturated rings. The van der Waals surface area contributed by atoms with Crippen molar-refractivity contribution in [3.8, 4) is 0 Å². The van der Waals surface area contributed by atoms with Gasteiger partial charge in [-0.15, -0.1) is 0 Å². The fraction of sp³-hybridized carbons (Fsp3) is 0.417. The average Bonchev–Trinajstić information content (AvgIpc) is 3.03. The first-order valence-electron chi connectivity index (χ1n) is 10.4. The van der Waals surface area contributed by atoms with Crippen LogP contribution in [-0.4, -0.2) is 35.3 Å². The molecule has 5 heteroatoms. The zero-order valence-electron chi connectivity index (χ0n) is 17.8. The Labute approximate surface area is 179 Å². The van der Waals surface area contributed by atoms with Crippen LogP contribution in [0.2, 0.25) is 5.02 Å². The van der Waals surface area contributed by atoms with Crippen LogP contribution in [0.15, 0.2) is 48.7 Å². The Hall–Kier alpha value is -2.01. The van der Waals surface area contributed by atoms with Gasteiger partial charge in [-0.3, -0.25) is 0 Å². The lowest BCUT2D eigenvalue weighted by molar-refractivity contribution is 0.170. The zero-order chi connectivity index (χ0) is 21.0. The number of anilines is 1. The number of para-hydroxylation sites is 1. The highest BCUT2D eigenvalue weighted by Crippen LogP contribution is 2.31. The molecule has 2 N–H and O–H groups in total. The van der Waals surface area contributed by atoms with Gasteiger partial charge in [0.1, 0.15) is 0 Å². The van der Waals surface area contributed by atoms with Crippen LogP contribution in [-0.2, 0) is 13.5 Å². The van der Waals surface area contributed by atoms with Crippen LogP contribution >= 0.6 is 11.6 Å². The molecule has 2 aromatic carbocycles. The molecule has 0 bridgehead atoms. The van der Waals surface area contributed by atoms with Gasteiger partial charge in [0.25, 0.3) is 0 Å². The van der Waals surface area contributed by atoms with Gasteiger partial charge in [-0.05, 0) is 56.5 Å². The van der Waals surface area contributed by atoms with Gasteiger partial charge in [-0.2, -0.15) is 0 Å². The smallest absolute Gasteiger partial charge is 0.0914 e. The maximum atomic E-state index is 10.5. The number of hydrogen-bond donors (Lipinski definition) is 2. The summed E-state index contributed by atoms with van der Waals surface area (Å²) in [5.41, 5.74) is 4.75. The summed E-state index contributed by atoms with van der Waals surface area (Å²) in [4.78, 5) is 2.40. The van der Waals surface area contributed by atoms with E-state index in [4.69, 9.17) is 11.6 Å². The number of halogens is 1. The highest BCUT2D eigenvalue weighted by Gasteiger charge is 2.16. The molecule has 2 atom stereocenters. The Balaban J connectivity index is 1.72. The van der Waals surface area contributed by atoms with Crippen molar-refractivity contribution in [1.82, 2.24) is 9.88 Å². The first kappa shape index (κ1) is 21.7. The Bertz CT molecular complexity index is 948. The van der Waals surface area contributed by atoms with Gasteiger partial charge in [-0.25, -0.2) is 0 Å². The zero-order valence-corrected chi connectivity index (χ0v) is 18.6. The summed E-state index contributed by atoms with van der Waals surface area (Å²) < 4.78 is 2.24. The molecule has 1 heterocycles. The number of hydrogen-bond acceptors (Lipinski definition) is 3. The summed E-state index contributed by atoms with van der Waals surface area (Å²) in [6, 6.07) is 14.2. The number of nitrogens with zero attached hydrogens (tertiary/aromatic N) is 2. The van der Waals surface area contributed by atoms with Gasteiger partial charge >= 0.3 is 0 Å². The monoisotopic (exact) mass is 413 g/mol. The lowest BCUT2D eigenvalue weighted by Gasteiger charge is -2.22. The molecule has 0 aliphatic rings. The van der Waals surface area contributed by atoms with Gasteiger partial charge in [0, 0.05) is 49.3 Å². The molecule has 0 saturated carbocycles. The van der Waals surface area contributed by atoms with Crippen LogP contribution in [0.5, 0.6) is 0 Å². The molecular formula is C24H32ClN3O. The SMILES string of the molecule is CCN(CC)c1cccc2c(C[C@@H](C)NC[C@H](O)c3cccc(Cl)c3)cn(C)c12. The third-order valence-electron chi connectivity index (χ3n) is 5.59. The molecule has 0 amide bonds. The third-order valence-corrected chi connectivity index (χ3v) is 5.82. The van der Waals surface area contributed by atoms with Crippen molar-refractivity contribution in [3.63, 3.8) is 0 Å². The van der Waals surface area contributed by atoms with E-state index in [1.165, 1.54) is 22.2 Å². The fourth-order valence-corrected chi connectivity index (χ4v) is 4.26. The van der Waals surface area contributed by atoms with E-state index in [0.717, 1.165) is 25.1 Å². The van der Waals surface area contributed by atoms with E-state index in [1.807, 2.05) is 24.3 Å². The van der Waals surface area contributed by atoms with Crippen molar-refractivity contribution in [2.24, 2.45) is 7.05 Å². The highest BCUT2D eigenvalue weighted by atomic mass is 35.5. The third kappa shape index (κ3) is 4.95. The summed E-state index contributed by atoms with van der Waals surface area (Å²) >= 11 is 6.04. The molecule has 0 aliphatic heterocycles. The molecule has 156 valence electrons. The second-order valence-corrected chi connectivity index (χ2v) is 8.13. The minimum atomic E-state index is -0.571. The Morgan fingerprint density at radius 2 is 1.86 bits per heavy atom. The Morgan fingerprint density at radius 1 is 1.14 bits per heavy atom. The molecule has 0 radical (unpaired) electrons. The van der Waals surface area contributed by atoms with Crippen molar-refractivity contribution in [2.45, 2.75) is 39.3 Å². The van der Waals surface area contributed by atoms with Gasteiger partial charge in [0.05, 0.1) is 17.3 Å². The number of rotatable bonds is 9. The standard InChI is InChI=1S/C24H32ClN3O/c1-5-28(6-2)22-12-8-11-21-19(16-27(4)24(21)22)13-17(3)26-15-23(29)18-9-7-10-20(25)14-18/h7-12,14,16-17,23,26,29H,5-6,13,15H2,1-4H3/t17-,23+/m1/s1. The van der Waals surface area contributed by atoms with Crippen molar-refractivity contribution in [1.29, 1.82) is 0 Å². The maximum absolute atomic E-state index is 10.5. The van der Waals surface area contributed by atoms with Crippen LogP contribution in [0, 0.1) is 0 Å². The molecule has 0 aliphatic carbocycles. The van der Waals surface area contributed by atoms with Crippen LogP contribution in [0.3, 0.4) is 0 Å². The fourth-order valence-electron chi connectivity index (χ4n) is 4.06. The lowest BCUT2D eigenvalue weighted by Crippen LogP contribution is -2.32. The van der Waals surface area contributed by atoms with Crippen LogP contribution < -0.4 is 10.2 Å². The number of aliphatic hydroxyl groups excluding tert-OH is 1. The van der Waals surface area contributed by atoms with Crippen molar-refractivity contribution < 1.29 is 5.11 Å². The molecule has 0 saturated heterocycles. The van der Waals surface area contributed by atoms with E-state index < -0.39 is 6.10 Å². The molecule has 4 nitrogen and oxygen atoms in total. The van der Waals surface area contributed by atoms with E-state index in [0.29, 0.717) is 11.6 Å². The molecular weight excluding hydrogens is 382 g/mol. The first-order chi connectivity index (χ1) is 13.9. The van der Waals surface area contributed by atoms with Gasteiger partial charge in [0.15, 0.2) is 0 Å². The number of nitrogens with one attached hydrogen (secondary N) is 1. The quantitative estimate of drug-likeness (QED) is 0.522. The van der Waals surface area contributed by atoms with Crippen LogP contribution in [0.4, 0.5) is 5.69 Å². The number of benzene rings is 2. The Morgan fingerprint density at radius 3 is 2.55 bits per heavy atom. The average molecular weight is 414 g/mol. The maximum Gasteiger partial charge on any atom is 0.0914 e.